The van der Waals surface area contributed by atoms with E-state index in [9.17, 15) is 9.18 Å². The minimum atomic E-state index is -0.555. The van der Waals surface area contributed by atoms with E-state index in [1.165, 1.54) is 18.4 Å². The molecule has 0 unspecified atom stereocenters. The molecule has 4 nitrogen and oxygen atoms in total. The topological polar surface area (TPSA) is 42.7 Å². The first-order valence-electron chi connectivity index (χ1n) is 7.79. The zero-order chi connectivity index (χ0) is 17.5. The molecule has 1 aliphatic rings. The monoisotopic (exact) mass is 351 g/mol. The van der Waals surface area contributed by atoms with Gasteiger partial charge in [-0.25, -0.2) is 9.18 Å². The maximum Gasteiger partial charge on any atom is 0.410 e. The highest BCUT2D eigenvalue weighted by Crippen LogP contribution is 2.35. The van der Waals surface area contributed by atoms with Gasteiger partial charge < -0.3 is 14.1 Å². The number of amides is 1. The van der Waals surface area contributed by atoms with Gasteiger partial charge in [-0.15, -0.1) is 0 Å². The van der Waals surface area contributed by atoms with E-state index < -0.39 is 11.4 Å². The van der Waals surface area contributed by atoms with Crippen LogP contribution in [-0.2, 0) is 4.74 Å². The minimum absolute atomic E-state index is 0.321. The zero-order valence-corrected chi connectivity index (χ0v) is 14.6. The van der Waals surface area contributed by atoms with Crippen LogP contribution in [0.2, 0.25) is 5.02 Å². The molecule has 0 atom stereocenters. The lowest BCUT2D eigenvalue weighted by molar-refractivity contribution is 0.0273. The van der Waals surface area contributed by atoms with Crippen LogP contribution in [-0.4, -0.2) is 29.7 Å². The fourth-order valence-corrected chi connectivity index (χ4v) is 2.94. The highest BCUT2D eigenvalue weighted by Gasteiger charge is 2.26. The molecule has 24 heavy (non-hydrogen) atoms. The molecular formula is C18H19ClFNO3. The van der Waals surface area contributed by atoms with Crippen LogP contribution in [0.15, 0.2) is 28.9 Å². The van der Waals surface area contributed by atoms with Crippen molar-refractivity contribution in [1.29, 1.82) is 0 Å². The molecule has 1 aromatic heterocycles. The van der Waals surface area contributed by atoms with E-state index in [0.717, 1.165) is 5.57 Å². The van der Waals surface area contributed by atoms with Crippen LogP contribution in [0.3, 0.4) is 0 Å². The number of nitrogens with zero attached hydrogens (tertiary/aromatic N) is 1. The number of carbonyl (C=O) groups excluding carboxylic acids is 1. The van der Waals surface area contributed by atoms with Gasteiger partial charge in [-0.05, 0) is 44.9 Å². The Balaban J connectivity index is 1.90. The summed E-state index contributed by atoms with van der Waals surface area (Å²) in [5.41, 5.74) is 1.22. The Labute approximate surface area is 144 Å². The summed E-state index contributed by atoms with van der Waals surface area (Å²) < 4.78 is 25.1. The summed E-state index contributed by atoms with van der Waals surface area (Å²) in [5.74, 6) is -0.395. The Morgan fingerprint density at radius 3 is 2.83 bits per heavy atom. The Morgan fingerprint density at radius 2 is 2.12 bits per heavy atom. The number of hydrogen-bond acceptors (Lipinski definition) is 3. The second kappa shape index (κ2) is 6.13. The third-order valence-electron chi connectivity index (χ3n) is 3.77. The molecule has 1 aliphatic heterocycles. The molecule has 2 aromatic rings. The van der Waals surface area contributed by atoms with E-state index in [-0.39, 0.29) is 6.09 Å². The fraction of sp³-hybridized carbons (Fsp3) is 0.389. The summed E-state index contributed by atoms with van der Waals surface area (Å²) >= 11 is 6.07. The van der Waals surface area contributed by atoms with E-state index in [2.05, 4.69) is 0 Å². The number of ether oxygens (including phenoxy) is 1. The van der Waals surface area contributed by atoms with E-state index in [1.54, 1.807) is 4.90 Å². The molecule has 0 bridgehead atoms. The van der Waals surface area contributed by atoms with Crippen LogP contribution >= 0.6 is 11.6 Å². The average molecular weight is 352 g/mol. The van der Waals surface area contributed by atoms with E-state index in [4.69, 9.17) is 20.8 Å². The third kappa shape index (κ3) is 3.26. The highest BCUT2D eigenvalue weighted by atomic mass is 35.5. The number of fused-ring (bicyclic) bond motifs is 1. The van der Waals surface area contributed by atoms with Crippen molar-refractivity contribution in [3.05, 3.63) is 40.9 Å². The number of hydrogen-bond donors (Lipinski definition) is 0. The third-order valence-corrected chi connectivity index (χ3v) is 4.07. The lowest BCUT2D eigenvalue weighted by Gasteiger charge is -2.30. The smallest absolute Gasteiger partial charge is 0.410 e. The van der Waals surface area contributed by atoms with E-state index >= 15 is 0 Å². The first-order chi connectivity index (χ1) is 11.3. The van der Waals surface area contributed by atoms with Gasteiger partial charge in [-0.3, -0.25) is 0 Å². The molecule has 1 amide bonds. The van der Waals surface area contributed by atoms with Crippen molar-refractivity contribution in [3.63, 3.8) is 0 Å². The summed E-state index contributed by atoms with van der Waals surface area (Å²) in [6, 6.07) is 2.79. The average Bonchev–Trinajstić information content (AvgIpc) is 2.96. The normalized spacial score (nSPS) is 15.5. The summed E-state index contributed by atoms with van der Waals surface area (Å²) in [6.07, 6.45) is 3.78. The van der Waals surface area contributed by atoms with Gasteiger partial charge >= 0.3 is 6.09 Å². The molecule has 0 spiro atoms. The van der Waals surface area contributed by atoms with Crippen molar-refractivity contribution in [1.82, 2.24) is 4.90 Å². The lowest BCUT2D eigenvalue weighted by Crippen LogP contribution is -2.39. The molecule has 128 valence electrons. The Hall–Kier alpha value is -2.01. The fourth-order valence-electron chi connectivity index (χ4n) is 2.73. The number of furan rings is 1. The highest BCUT2D eigenvalue weighted by molar-refractivity contribution is 6.35. The van der Waals surface area contributed by atoms with Crippen molar-refractivity contribution < 1.29 is 18.3 Å². The number of benzene rings is 1. The van der Waals surface area contributed by atoms with Crippen molar-refractivity contribution in [3.8, 4) is 0 Å². The van der Waals surface area contributed by atoms with Gasteiger partial charge in [0.1, 0.15) is 11.4 Å². The minimum Gasteiger partial charge on any atom is -0.462 e. The van der Waals surface area contributed by atoms with Crippen molar-refractivity contribution in [2.45, 2.75) is 32.8 Å². The molecule has 1 aromatic carbocycles. The molecule has 6 heteroatoms. The Bertz CT molecular complexity index is 820. The summed E-state index contributed by atoms with van der Waals surface area (Å²) in [4.78, 5) is 13.9. The van der Waals surface area contributed by atoms with Crippen LogP contribution in [0, 0.1) is 5.82 Å². The summed E-state index contributed by atoms with van der Waals surface area (Å²) in [7, 11) is 0. The van der Waals surface area contributed by atoms with Crippen LogP contribution in [0.25, 0.3) is 16.5 Å². The van der Waals surface area contributed by atoms with Gasteiger partial charge in [0.15, 0.2) is 5.58 Å². The number of halogens is 2. The molecule has 3 rings (SSSR count). The molecule has 2 heterocycles. The summed E-state index contributed by atoms with van der Waals surface area (Å²) in [6.45, 7) is 6.39. The van der Waals surface area contributed by atoms with Crippen LogP contribution in [0.5, 0.6) is 0 Å². The second-order valence-electron chi connectivity index (χ2n) is 6.80. The van der Waals surface area contributed by atoms with Crippen molar-refractivity contribution in [2.24, 2.45) is 0 Å². The first-order valence-corrected chi connectivity index (χ1v) is 8.16. The SMILES string of the molecule is CC(C)(C)OC(=O)N1CCC=C(c2coc3c(Cl)ccc(F)c23)C1. The summed E-state index contributed by atoms with van der Waals surface area (Å²) in [5, 5.41) is 0.706. The van der Waals surface area contributed by atoms with Crippen molar-refractivity contribution >= 4 is 34.2 Å². The van der Waals surface area contributed by atoms with Gasteiger partial charge in [0, 0.05) is 18.7 Å². The van der Waals surface area contributed by atoms with Crippen LogP contribution in [0.4, 0.5) is 9.18 Å². The van der Waals surface area contributed by atoms with E-state index in [1.807, 2.05) is 26.8 Å². The van der Waals surface area contributed by atoms with E-state index in [0.29, 0.717) is 41.1 Å². The largest absolute Gasteiger partial charge is 0.462 e. The first kappa shape index (κ1) is 16.8. The van der Waals surface area contributed by atoms with Gasteiger partial charge in [-0.1, -0.05) is 17.7 Å². The maximum atomic E-state index is 14.2. The standard InChI is InChI=1S/C18H19ClFNO3/c1-18(2,3)24-17(22)21-8-4-5-11(9-21)12-10-23-16-13(19)6-7-14(20)15(12)16/h5-7,10H,4,8-9H2,1-3H3. The molecule has 0 saturated heterocycles. The maximum absolute atomic E-state index is 14.2. The molecule has 0 fully saturated rings. The molecule has 0 N–H and O–H groups in total. The number of rotatable bonds is 1. The van der Waals surface area contributed by atoms with Crippen LogP contribution in [0.1, 0.15) is 32.8 Å². The molecule has 0 aliphatic carbocycles. The molecule has 0 radical (unpaired) electrons. The predicted molar refractivity (Wildman–Crippen MR) is 91.6 cm³/mol. The van der Waals surface area contributed by atoms with Crippen LogP contribution < -0.4 is 0 Å². The van der Waals surface area contributed by atoms with Crippen molar-refractivity contribution in [2.75, 3.05) is 13.1 Å². The van der Waals surface area contributed by atoms with Gasteiger partial charge in [0.05, 0.1) is 16.7 Å². The number of carbonyl (C=O) groups is 1. The molecular weight excluding hydrogens is 333 g/mol. The quantitative estimate of drug-likeness (QED) is 0.704. The van der Waals surface area contributed by atoms with Gasteiger partial charge in [-0.2, -0.15) is 0 Å². The van der Waals surface area contributed by atoms with Gasteiger partial charge in [0.25, 0.3) is 0 Å². The molecule has 0 saturated carbocycles. The predicted octanol–water partition coefficient (Wildman–Crippen LogP) is 5.25. The Kier molecular flexibility index (Phi) is 4.30. The lowest BCUT2D eigenvalue weighted by atomic mass is 10.0. The Morgan fingerprint density at radius 1 is 1.38 bits per heavy atom. The zero-order valence-electron chi connectivity index (χ0n) is 13.9. The van der Waals surface area contributed by atoms with Gasteiger partial charge in [0.2, 0.25) is 0 Å². The second-order valence-corrected chi connectivity index (χ2v) is 7.21.